The second kappa shape index (κ2) is 10.8. The number of ether oxygens (including phenoxy) is 1. The van der Waals surface area contributed by atoms with Crippen LogP contribution in [-0.4, -0.2) is 16.3 Å². The summed E-state index contributed by atoms with van der Waals surface area (Å²) >= 11 is 0. The monoisotopic (exact) mass is 418 g/mol. The predicted molar refractivity (Wildman–Crippen MR) is 109 cm³/mol. The zero-order valence-corrected chi connectivity index (χ0v) is 16.0. The van der Waals surface area contributed by atoms with E-state index in [1.165, 1.54) is 35.8 Å². The molecule has 156 valence electrons. The van der Waals surface area contributed by atoms with E-state index >= 15 is 0 Å². The molecule has 0 bridgehead atoms. The largest absolute Gasteiger partial charge is 0.435 e. The average Bonchev–Trinajstić information content (AvgIpc) is 2.75. The van der Waals surface area contributed by atoms with E-state index in [2.05, 4.69) is 11.7 Å². The van der Waals surface area contributed by atoms with Crippen molar-refractivity contribution in [2.24, 2.45) is 0 Å². The Morgan fingerprint density at radius 2 is 1.97 bits per heavy atom. The summed E-state index contributed by atoms with van der Waals surface area (Å²) < 4.78 is 59.2. The van der Waals surface area contributed by atoms with Gasteiger partial charge in [-0.1, -0.05) is 18.7 Å². The number of pyridine rings is 1. The van der Waals surface area contributed by atoms with Gasteiger partial charge in [0.1, 0.15) is 12.5 Å². The van der Waals surface area contributed by atoms with Gasteiger partial charge < -0.3 is 4.74 Å². The molecule has 0 aromatic carbocycles. The minimum Gasteiger partial charge on any atom is -0.435 e. The molecule has 2 heterocycles. The second-order valence-electron chi connectivity index (χ2n) is 5.72. The van der Waals surface area contributed by atoms with Crippen LogP contribution in [0.5, 0.6) is 5.88 Å². The van der Waals surface area contributed by atoms with Gasteiger partial charge in [-0.15, -0.1) is 5.10 Å². The van der Waals surface area contributed by atoms with Crippen LogP contribution in [0.1, 0.15) is 12.5 Å². The minimum atomic E-state index is -0.816. The Labute approximate surface area is 170 Å². The van der Waals surface area contributed by atoms with Crippen molar-refractivity contribution >= 4 is 11.1 Å². The van der Waals surface area contributed by atoms with Crippen LogP contribution in [0, 0.1) is 0 Å². The summed E-state index contributed by atoms with van der Waals surface area (Å²) in [6, 6.07) is 3.92. The highest BCUT2D eigenvalue weighted by molar-refractivity contribution is 5.84. The van der Waals surface area contributed by atoms with Crippen molar-refractivity contribution in [1.29, 1.82) is 0 Å². The molecule has 0 aliphatic heterocycles. The van der Waals surface area contributed by atoms with E-state index < -0.39 is 23.8 Å². The Kier molecular flexibility index (Phi) is 8.10. The average molecular weight is 418 g/mol. The highest BCUT2D eigenvalue weighted by Gasteiger charge is 2.15. The van der Waals surface area contributed by atoms with Crippen LogP contribution in [0.15, 0.2) is 96.0 Å². The first-order chi connectivity index (χ1) is 14.4. The van der Waals surface area contributed by atoms with Crippen LogP contribution in [0.25, 0.3) is 11.1 Å². The van der Waals surface area contributed by atoms with E-state index in [0.29, 0.717) is 0 Å². The summed E-state index contributed by atoms with van der Waals surface area (Å²) in [5, 5.41) is 4.12. The van der Waals surface area contributed by atoms with Crippen molar-refractivity contribution in [3.63, 3.8) is 0 Å². The molecule has 4 nitrogen and oxygen atoms in total. The van der Waals surface area contributed by atoms with E-state index in [4.69, 9.17) is 4.74 Å². The SMILES string of the molecule is C=C(/C(F)=C\C=C/CF)c1c(=O)ccn2nc(OC(=C/C=C/F)/C(F)=C\C)ccc12. The molecule has 0 unspecified atom stereocenters. The normalized spacial score (nSPS) is 13.6. The van der Waals surface area contributed by atoms with E-state index in [-0.39, 0.29) is 34.6 Å². The van der Waals surface area contributed by atoms with Gasteiger partial charge in [-0.3, -0.25) is 4.79 Å². The summed E-state index contributed by atoms with van der Waals surface area (Å²) in [7, 11) is 0. The molecule has 0 aliphatic carbocycles. The molecule has 0 amide bonds. The van der Waals surface area contributed by atoms with Crippen LogP contribution in [0.3, 0.4) is 0 Å². The number of allylic oxidation sites excluding steroid dienone is 9. The molecule has 0 atom stereocenters. The fourth-order valence-corrected chi connectivity index (χ4v) is 2.40. The van der Waals surface area contributed by atoms with E-state index in [9.17, 15) is 22.4 Å². The number of alkyl halides is 1. The van der Waals surface area contributed by atoms with Crippen molar-refractivity contribution in [2.75, 3.05) is 6.67 Å². The summed E-state index contributed by atoms with van der Waals surface area (Å²) in [4.78, 5) is 12.3. The molecule has 0 aliphatic rings. The maximum absolute atomic E-state index is 14.3. The number of aromatic nitrogens is 2. The molecule has 0 spiro atoms. The molecular weight excluding hydrogens is 400 g/mol. The van der Waals surface area contributed by atoms with Crippen LogP contribution < -0.4 is 10.2 Å². The quantitative estimate of drug-likeness (QED) is 0.314. The molecule has 0 N–H and O–H groups in total. The fraction of sp³-hybridized carbons (Fsp3) is 0.0909. The first-order valence-corrected chi connectivity index (χ1v) is 8.70. The topological polar surface area (TPSA) is 43.6 Å². The van der Waals surface area contributed by atoms with E-state index in [1.807, 2.05) is 0 Å². The van der Waals surface area contributed by atoms with Gasteiger partial charge >= 0.3 is 0 Å². The van der Waals surface area contributed by atoms with E-state index in [0.717, 1.165) is 36.4 Å². The maximum atomic E-state index is 14.3. The summed E-state index contributed by atoms with van der Waals surface area (Å²) in [5.74, 6) is -1.89. The van der Waals surface area contributed by atoms with E-state index in [1.54, 1.807) is 0 Å². The lowest BCUT2D eigenvalue weighted by Crippen LogP contribution is -2.12. The molecule has 2 aromatic heterocycles. The molecule has 0 radical (unpaired) electrons. The summed E-state index contributed by atoms with van der Waals surface area (Å²) in [6.45, 7) is 4.28. The van der Waals surface area contributed by atoms with Gasteiger partial charge in [0.05, 0.1) is 17.4 Å². The van der Waals surface area contributed by atoms with Crippen molar-refractivity contribution in [3.8, 4) is 5.88 Å². The van der Waals surface area contributed by atoms with Gasteiger partial charge in [-0.2, -0.15) is 0 Å². The van der Waals surface area contributed by atoms with Crippen LogP contribution in [0.4, 0.5) is 17.6 Å². The Bertz CT molecular complexity index is 1140. The van der Waals surface area contributed by atoms with Crippen molar-refractivity contribution in [3.05, 3.63) is 107 Å². The Morgan fingerprint density at radius 3 is 2.63 bits per heavy atom. The lowest BCUT2D eigenvalue weighted by molar-refractivity contribution is 0.382. The minimum absolute atomic E-state index is 0.0466. The molecule has 0 saturated carbocycles. The van der Waals surface area contributed by atoms with Gasteiger partial charge in [0.15, 0.2) is 17.0 Å². The molecule has 0 saturated heterocycles. The second-order valence-corrected chi connectivity index (χ2v) is 5.72. The molecule has 2 aromatic rings. The van der Waals surface area contributed by atoms with Gasteiger partial charge in [-0.05, 0) is 37.3 Å². The number of hydrogen-bond donors (Lipinski definition) is 0. The Balaban J connectivity index is 2.49. The van der Waals surface area contributed by atoms with Gasteiger partial charge in [0.2, 0.25) is 5.88 Å². The third kappa shape index (κ3) is 5.44. The molecule has 0 fully saturated rings. The molecule has 30 heavy (non-hydrogen) atoms. The third-order valence-electron chi connectivity index (χ3n) is 3.79. The smallest absolute Gasteiger partial charge is 0.237 e. The van der Waals surface area contributed by atoms with Gasteiger partial charge in [0, 0.05) is 23.9 Å². The first kappa shape index (κ1) is 22.6. The number of fused-ring (bicyclic) bond motifs is 1. The lowest BCUT2D eigenvalue weighted by Gasteiger charge is -2.11. The Morgan fingerprint density at radius 1 is 1.20 bits per heavy atom. The zero-order valence-electron chi connectivity index (χ0n) is 16.0. The number of hydrogen-bond acceptors (Lipinski definition) is 3. The van der Waals surface area contributed by atoms with Gasteiger partial charge in [-0.25, -0.2) is 22.1 Å². The van der Waals surface area contributed by atoms with Crippen molar-refractivity contribution in [1.82, 2.24) is 9.61 Å². The Hall–Kier alpha value is -3.68. The van der Waals surface area contributed by atoms with Crippen molar-refractivity contribution in [2.45, 2.75) is 6.92 Å². The van der Waals surface area contributed by atoms with Crippen molar-refractivity contribution < 1.29 is 22.3 Å². The predicted octanol–water partition coefficient (Wildman–Crippen LogP) is 5.71. The highest BCUT2D eigenvalue weighted by atomic mass is 19.1. The molecular formula is C22H18F4N2O2. The number of nitrogens with zero attached hydrogens (tertiary/aromatic N) is 2. The fourth-order valence-electron chi connectivity index (χ4n) is 2.40. The molecule has 2 rings (SSSR count). The number of rotatable bonds is 8. The zero-order chi connectivity index (χ0) is 22.1. The lowest BCUT2D eigenvalue weighted by atomic mass is 10.0. The van der Waals surface area contributed by atoms with Crippen LogP contribution in [-0.2, 0) is 0 Å². The maximum Gasteiger partial charge on any atom is 0.237 e. The van der Waals surface area contributed by atoms with Crippen LogP contribution in [0.2, 0.25) is 0 Å². The standard InChI is InChI=1S/C22H18F4N2O2/c1-3-16(25)20(8-6-13-24)30-21-10-9-18-22(19(29)11-14-28(18)27-21)15(2)17(26)7-4-5-12-23/h3-11,13-14H,2,12H2,1H3/b5-4-,13-6+,16-3+,17-7+,20-8+. The third-order valence-corrected chi connectivity index (χ3v) is 3.79. The first-order valence-electron chi connectivity index (χ1n) is 8.70. The number of halogens is 4. The molecule has 8 heteroatoms. The highest BCUT2D eigenvalue weighted by Crippen LogP contribution is 2.25. The van der Waals surface area contributed by atoms with Gasteiger partial charge in [0.25, 0.3) is 0 Å². The summed E-state index contributed by atoms with van der Waals surface area (Å²) in [5.41, 5.74) is -0.527. The summed E-state index contributed by atoms with van der Waals surface area (Å²) in [6.07, 6.45) is 7.95. The van der Waals surface area contributed by atoms with Crippen LogP contribution >= 0.6 is 0 Å².